The minimum absolute atomic E-state index is 0.118. The van der Waals surface area contributed by atoms with Gasteiger partial charge in [0.05, 0.1) is 6.10 Å². The molecule has 0 aromatic heterocycles. The maximum atomic E-state index is 12.8. The Morgan fingerprint density at radius 2 is 1.41 bits per heavy atom. The van der Waals surface area contributed by atoms with Crippen LogP contribution in [0.3, 0.4) is 0 Å². The highest BCUT2D eigenvalue weighted by molar-refractivity contribution is 5.79. The molecule has 0 aromatic carbocycles. The van der Waals surface area contributed by atoms with Crippen LogP contribution in [-0.2, 0) is 9.59 Å². The Kier molecular flexibility index (Phi) is 7.81. The van der Waals surface area contributed by atoms with Crippen LogP contribution in [-0.4, -0.2) is 83.5 Å². The normalized spacial score (nSPS) is 26.8. The molecule has 1 spiro atoms. The second-order valence-corrected chi connectivity index (χ2v) is 11.6. The van der Waals surface area contributed by atoms with E-state index in [1.54, 1.807) is 0 Å². The van der Waals surface area contributed by atoms with E-state index in [-0.39, 0.29) is 17.9 Å². The average Bonchev–Trinajstić information content (AvgIpc) is 2.81. The van der Waals surface area contributed by atoms with Gasteiger partial charge in [0.1, 0.15) is 0 Å². The molecule has 0 bridgehead atoms. The standard InChI is InChI=1S/C26H45N3O3/c1-20(2)24(31)29-17-11-26(12-18-29)9-3-21(4-10-26)19-27-13-5-22(6-14-27)25(32)28-15-7-23(30)8-16-28/h20-23,30H,3-19H2,1-2H3. The molecule has 4 rings (SSSR count). The minimum atomic E-state index is -0.217. The van der Waals surface area contributed by atoms with Crippen LogP contribution in [0.15, 0.2) is 0 Å². The number of nitrogens with zero attached hydrogens (tertiary/aromatic N) is 3. The molecule has 1 aliphatic carbocycles. The van der Waals surface area contributed by atoms with E-state index < -0.39 is 0 Å². The first kappa shape index (κ1) is 24.0. The average molecular weight is 448 g/mol. The number of aliphatic hydroxyl groups excluding tert-OH is 1. The molecule has 0 atom stereocenters. The maximum absolute atomic E-state index is 12.8. The summed E-state index contributed by atoms with van der Waals surface area (Å²) in [4.78, 5) is 31.8. The summed E-state index contributed by atoms with van der Waals surface area (Å²) in [5, 5.41) is 9.68. The van der Waals surface area contributed by atoms with Crippen LogP contribution >= 0.6 is 0 Å². The molecule has 0 aromatic rings. The summed E-state index contributed by atoms with van der Waals surface area (Å²) in [6.45, 7) is 10.7. The van der Waals surface area contributed by atoms with Gasteiger partial charge >= 0.3 is 0 Å². The number of carbonyl (C=O) groups is 2. The van der Waals surface area contributed by atoms with Crippen molar-refractivity contribution in [3.8, 4) is 0 Å². The highest BCUT2D eigenvalue weighted by Crippen LogP contribution is 2.46. The van der Waals surface area contributed by atoms with E-state index in [1.807, 2.05) is 18.7 Å². The van der Waals surface area contributed by atoms with Gasteiger partial charge in [-0.2, -0.15) is 0 Å². The van der Waals surface area contributed by atoms with Gasteiger partial charge in [0, 0.05) is 44.6 Å². The molecular formula is C26H45N3O3. The Morgan fingerprint density at radius 1 is 0.812 bits per heavy atom. The van der Waals surface area contributed by atoms with Crippen molar-refractivity contribution in [1.29, 1.82) is 0 Å². The summed E-state index contributed by atoms with van der Waals surface area (Å²) in [6, 6.07) is 0. The van der Waals surface area contributed by atoms with Crippen molar-refractivity contribution in [2.75, 3.05) is 45.8 Å². The fraction of sp³-hybridized carbons (Fsp3) is 0.923. The predicted molar refractivity (Wildman–Crippen MR) is 126 cm³/mol. The third-order valence-electron chi connectivity index (χ3n) is 9.02. The van der Waals surface area contributed by atoms with Crippen LogP contribution in [0.25, 0.3) is 0 Å². The van der Waals surface area contributed by atoms with Crippen molar-refractivity contribution in [2.24, 2.45) is 23.2 Å². The van der Waals surface area contributed by atoms with Gasteiger partial charge in [-0.05, 0) is 88.6 Å². The van der Waals surface area contributed by atoms with E-state index in [0.717, 1.165) is 70.9 Å². The number of piperidine rings is 3. The van der Waals surface area contributed by atoms with Crippen LogP contribution in [0.4, 0.5) is 0 Å². The number of hydrogen-bond donors (Lipinski definition) is 1. The zero-order valence-corrected chi connectivity index (χ0v) is 20.4. The van der Waals surface area contributed by atoms with E-state index in [9.17, 15) is 14.7 Å². The fourth-order valence-electron chi connectivity index (χ4n) is 6.61. The van der Waals surface area contributed by atoms with Gasteiger partial charge in [0.2, 0.25) is 11.8 Å². The first-order chi connectivity index (χ1) is 15.3. The second kappa shape index (κ2) is 10.4. The van der Waals surface area contributed by atoms with Crippen LogP contribution in [0.5, 0.6) is 0 Å². The first-order valence-corrected chi connectivity index (χ1v) is 13.3. The summed E-state index contributed by atoms with van der Waals surface area (Å²) >= 11 is 0. The largest absolute Gasteiger partial charge is 0.393 e. The van der Waals surface area contributed by atoms with Gasteiger partial charge in [0.25, 0.3) is 0 Å². The highest BCUT2D eigenvalue weighted by atomic mass is 16.3. The Hall–Kier alpha value is -1.14. The predicted octanol–water partition coefficient (Wildman–Crippen LogP) is 3.14. The molecule has 182 valence electrons. The minimum Gasteiger partial charge on any atom is -0.393 e. The van der Waals surface area contributed by atoms with Gasteiger partial charge in [-0.25, -0.2) is 0 Å². The molecule has 1 saturated carbocycles. The number of aliphatic hydroxyl groups is 1. The number of amides is 2. The number of likely N-dealkylation sites (tertiary alicyclic amines) is 3. The third-order valence-corrected chi connectivity index (χ3v) is 9.02. The second-order valence-electron chi connectivity index (χ2n) is 11.6. The van der Waals surface area contributed by atoms with Crippen molar-refractivity contribution >= 4 is 11.8 Å². The molecule has 0 unspecified atom stereocenters. The summed E-state index contributed by atoms with van der Waals surface area (Å²) < 4.78 is 0. The summed E-state index contributed by atoms with van der Waals surface area (Å²) in [7, 11) is 0. The van der Waals surface area contributed by atoms with Gasteiger partial charge in [-0.3, -0.25) is 9.59 Å². The highest BCUT2D eigenvalue weighted by Gasteiger charge is 2.40. The van der Waals surface area contributed by atoms with Gasteiger partial charge in [-0.1, -0.05) is 13.8 Å². The van der Waals surface area contributed by atoms with Crippen LogP contribution < -0.4 is 0 Å². The van der Waals surface area contributed by atoms with Crippen molar-refractivity contribution in [2.45, 2.75) is 84.2 Å². The van der Waals surface area contributed by atoms with Crippen LogP contribution in [0.2, 0.25) is 0 Å². The lowest BCUT2D eigenvalue weighted by Crippen LogP contribution is -2.48. The van der Waals surface area contributed by atoms with Crippen molar-refractivity contribution < 1.29 is 14.7 Å². The molecule has 32 heavy (non-hydrogen) atoms. The maximum Gasteiger partial charge on any atom is 0.225 e. The van der Waals surface area contributed by atoms with E-state index in [0.29, 0.717) is 17.2 Å². The zero-order valence-electron chi connectivity index (χ0n) is 20.4. The SMILES string of the molecule is CC(C)C(=O)N1CCC2(CCC(CN3CCC(C(=O)N4CCC(O)CC4)CC3)CC2)CC1. The lowest BCUT2D eigenvalue weighted by molar-refractivity contribution is -0.139. The van der Waals surface area contributed by atoms with E-state index in [4.69, 9.17) is 0 Å². The Labute approximate surface area is 194 Å². The van der Waals surface area contributed by atoms with E-state index in [2.05, 4.69) is 9.80 Å². The third kappa shape index (κ3) is 5.67. The quantitative estimate of drug-likeness (QED) is 0.719. The lowest BCUT2D eigenvalue weighted by Gasteiger charge is -2.47. The summed E-state index contributed by atoms with van der Waals surface area (Å²) in [5.74, 6) is 1.76. The van der Waals surface area contributed by atoms with Crippen molar-refractivity contribution in [3.63, 3.8) is 0 Å². The Balaban J connectivity index is 1.15. The van der Waals surface area contributed by atoms with E-state index >= 15 is 0 Å². The molecule has 3 aliphatic heterocycles. The molecule has 6 nitrogen and oxygen atoms in total. The van der Waals surface area contributed by atoms with Crippen molar-refractivity contribution in [1.82, 2.24) is 14.7 Å². The monoisotopic (exact) mass is 447 g/mol. The van der Waals surface area contributed by atoms with Gasteiger partial charge < -0.3 is 19.8 Å². The van der Waals surface area contributed by atoms with Crippen LogP contribution in [0.1, 0.15) is 78.1 Å². The zero-order chi connectivity index (χ0) is 22.7. The molecule has 4 aliphatic rings. The van der Waals surface area contributed by atoms with Crippen molar-refractivity contribution in [3.05, 3.63) is 0 Å². The van der Waals surface area contributed by atoms with Gasteiger partial charge in [-0.15, -0.1) is 0 Å². The summed E-state index contributed by atoms with van der Waals surface area (Å²) in [5.41, 5.74) is 0.492. The smallest absolute Gasteiger partial charge is 0.225 e. The molecule has 6 heteroatoms. The first-order valence-electron chi connectivity index (χ1n) is 13.3. The Bertz CT molecular complexity index is 633. The fourth-order valence-corrected chi connectivity index (χ4v) is 6.61. The molecular weight excluding hydrogens is 402 g/mol. The molecule has 1 N–H and O–H groups in total. The van der Waals surface area contributed by atoms with E-state index in [1.165, 1.54) is 45.1 Å². The number of hydrogen-bond acceptors (Lipinski definition) is 4. The molecule has 2 amide bonds. The molecule has 0 radical (unpaired) electrons. The summed E-state index contributed by atoms with van der Waals surface area (Å²) in [6.07, 6.45) is 10.9. The molecule has 3 saturated heterocycles. The Morgan fingerprint density at radius 3 is 1.97 bits per heavy atom. The lowest BCUT2D eigenvalue weighted by atomic mass is 9.65. The number of rotatable bonds is 4. The van der Waals surface area contributed by atoms with Crippen LogP contribution in [0, 0.1) is 23.2 Å². The van der Waals surface area contributed by atoms with Gasteiger partial charge in [0.15, 0.2) is 0 Å². The number of carbonyl (C=O) groups excluding carboxylic acids is 2. The molecule has 3 heterocycles. The topological polar surface area (TPSA) is 64.1 Å². The molecule has 4 fully saturated rings.